The van der Waals surface area contributed by atoms with E-state index in [-0.39, 0.29) is 11.5 Å². The minimum Gasteiger partial charge on any atom is -0.451 e. The van der Waals surface area contributed by atoms with Crippen LogP contribution in [0.4, 0.5) is 9.18 Å². The van der Waals surface area contributed by atoms with Crippen LogP contribution in [-0.4, -0.2) is 41.3 Å². The molecule has 142 valence electrons. The van der Waals surface area contributed by atoms with Crippen molar-refractivity contribution in [3.8, 4) is 5.69 Å². The average molecular weight is 374 g/mol. The monoisotopic (exact) mass is 374 g/mol. The number of hydrogen-bond donors (Lipinski definition) is 2. The Kier molecular flexibility index (Phi) is 5.49. The lowest BCUT2D eigenvalue weighted by Gasteiger charge is -2.14. The van der Waals surface area contributed by atoms with Crippen molar-refractivity contribution < 1.29 is 23.5 Å². The highest BCUT2D eigenvalue weighted by molar-refractivity contribution is 5.96. The van der Waals surface area contributed by atoms with Gasteiger partial charge in [0, 0.05) is 18.3 Å². The Labute approximate surface area is 154 Å². The second-order valence-corrected chi connectivity index (χ2v) is 6.07. The first-order valence-electron chi connectivity index (χ1n) is 8.55. The van der Waals surface area contributed by atoms with E-state index < -0.39 is 24.5 Å². The van der Waals surface area contributed by atoms with Gasteiger partial charge in [-0.1, -0.05) is 0 Å². The summed E-state index contributed by atoms with van der Waals surface area (Å²) in [7, 11) is 1.36. The van der Waals surface area contributed by atoms with Gasteiger partial charge in [-0.3, -0.25) is 10.1 Å². The number of fused-ring (bicyclic) bond motifs is 1. The first-order chi connectivity index (χ1) is 13.0. The minimum absolute atomic E-state index is 0.141. The van der Waals surface area contributed by atoms with Crippen LogP contribution in [0, 0.1) is 5.82 Å². The molecule has 0 atom stereocenters. The predicted octanol–water partition coefficient (Wildman–Crippen LogP) is 1.50. The Morgan fingerprint density at radius 1 is 1.19 bits per heavy atom. The smallest absolute Gasteiger partial charge is 0.359 e. The summed E-state index contributed by atoms with van der Waals surface area (Å²) in [5.74, 6) is -1.84. The number of benzene rings is 1. The molecule has 1 heterocycles. The Hall–Kier alpha value is -3.23. The molecule has 3 amide bonds. The molecular formula is C18H19FN4O4. The normalized spacial score (nSPS) is 12.8. The fourth-order valence-electron chi connectivity index (χ4n) is 2.98. The van der Waals surface area contributed by atoms with Crippen LogP contribution in [0.2, 0.25) is 0 Å². The predicted molar refractivity (Wildman–Crippen MR) is 93.0 cm³/mol. The van der Waals surface area contributed by atoms with Gasteiger partial charge in [-0.15, -0.1) is 0 Å². The molecule has 8 nitrogen and oxygen atoms in total. The van der Waals surface area contributed by atoms with Gasteiger partial charge in [-0.25, -0.2) is 18.7 Å². The molecule has 1 aliphatic carbocycles. The largest absolute Gasteiger partial charge is 0.451 e. The van der Waals surface area contributed by atoms with Gasteiger partial charge in [0.25, 0.3) is 5.91 Å². The molecule has 9 heteroatoms. The highest BCUT2D eigenvalue weighted by atomic mass is 19.1. The Bertz CT molecular complexity index is 876. The van der Waals surface area contributed by atoms with Crippen LogP contribution < -0.4 is 10.6 Å². The SMILES string of the molecule is CNC(=O)NC(=O)COC(=O)c1nn(-c2ccc(F)cc2)c2c1CCCC2. The highest BCUT2D eigenvalue weighted by Gasteiger charge is 2.27. The second-order valence-electron chi connectivity index (χ2n) is 6.07. The van der Waals surface area contributed by atoms with Crippen molar-refractivity contribution in [3.05, 3.63) is 47.0 Å². The molecular weight excluding hydrogens is 355 g/mol. The van der Waals surface area contributed by atoms with Crippen molar-refractivity contribution in [2.45, 2.75) is 25.7 Å². The number of ether oxygens (including phenoxy) is 1. The molecule has 0 saturated heterocycles. The molecule has 1 aromatic heterocycles. The third-order valence-corrected chi connectivity index (χ3v) is 4.26. The number of nitrogens with one attached hydrogen (secondary N) is 2. The number of halogens is 1. The zero-order valence-electron chi connectivity index (χ0n) is 14.8. The molecule has 0 radical (unpaired) electrons. The van der Waals surface area contributed by atoms with Crippen LogP contribution in [0.3, 0.4) is 0 Å². The lowest BCUT2D eigenvalue weighted by atomic mass is 9.95. The summed E-state index contributed by atoms with van der Waals surface area (Å²) in [4.78, 5) is 35.1. The number of hydrogen-bond acceptors (Lipinski definition) is 5. The minimum atomic E-state index is -0.741. The van der Waals surface area contributed by atoms with E-state index in [4.69, 9.17) is 4.74 Å². The first-order valence-corrected chi connectivity index (χ1v) is 8.55. The van der Waals surface area contributed by atoms with E-state index in [9.17, 15) is 18.8 Å². The van der Waals surface area contributed by atoms with Crippen molar-refractivity contribution in [1.29, 1.82) is 0 Å². The summed E-state index contributed by atoms with van der Waals surface area (Å²) >= 11 is 0. The van der Waals surface area contributed by atoms with Crippen molar-refractivity contribution in [2.75, 3.05) is 13.7 Å². The lowest BCUT2D eigenvalue weighted by Crippen LogP contribution is -2.39. The number of rotatable bonds is 4. The number of imide groups is 1. The maximum Gasteiger partial charge on any atom is 0.359 e. The second kappa shape index (κ2) is 7.98. The molecule has 0 fully saturated rings. The van der Waals surface area contributed by atoms with Crippen molar-refractivity contribution in [3.63, 3.8) is 0 Å². The van der Waals surface area contributed by atoms with Gasteiger partial charge in [0.1, 0.15) is 5.82 Å². The maximum atomic E-state index is 13.2. The number of amides is 3. The molecule has 0 aliphatic heterocycles. The van der Waals surface area contributed by atoms with E-state index in [1.165, 1.54) is 19.2 Å². The van der Waals surface area contributed by atoms with Crippen molar-refractivity contribution in [2.24, 2.45) is 0 Å². The zero-order chi connectivity index (χ0) is 19.4. The number of carbonyl (C=O) groups is 3. The molecule has 0 unspecified atom stereocenters. The molecule has 1 aliphatic rings. The molecule has 0 spiro atoms. The van der Waals surface area contributed by atoms with E-state index in [1.54, 1.807) is 16.8 Å². The van der Waals surface area contributed by atoms with Crippen molar-refractivity contribution in [1.82, 2.24) is 20.4 Å². The van der Waals surface area contributed by atoms with Crippen LogP contribution >= 0.6 is 0 Å². The summed E-state index contributed by atoms with van der Waals surface area (Å²) in [6.07, 6.45) is 3.29. The standard InChI is InChI=1S/C18H19FN4O4/c1-20-18(26)21-15(24)10-27-17(25)16-13-4-2-3-5-14(13)23(22-16)12-8-6-11(19)7-9-12/h6-9H,2-5,10H2,1H3,(H2,20,21,24,26). The fourth-order valence-corrected chi connectivity index (χ4v) is 2.98. The fraction of sp³-hybridized carbons (Fsp3) is 0.333. The summed E-state index contributed by atoms with van der Waals surface area (Å²) < 4.78 is 19.8. The van der Waals surface area contributed by atoms with Crippen molar-refractivity contribution >= 4 is 17.9 Å². The summed E-state index contributed by atoms with van der Waals surface area (Å²) in [6.45, 7) is -0.593. The third kappa shape index (κ3) is 4.13. The van der Waals surface area contributed by atoms with Gasteiger partial charge in [0.2, 0.25) is 0 Å². The van der Waals surface area contributed by atoms with Gasteiger partial charge < -0.3 is 10.1 Å². The summed E-state index contributed by atoms with van der Waals surface area (Å²) in [6, 6.07) is 5.14. The van der Waals surface area contributed by atoms with Gasteiger partial charge in [-0.05, 0) is 49.9 Å². The van der Waals surface area contributed by atoms with Crippen LogP contribution in [-0.2, 0) is 22.4 Å². The average Bonchev–Trinajstić information content (AvgIpc) is 3.06. The Morgan fingerprint density at radius 3 is 2.59 bits per heavy atom. The zero-order valence-corrected chi connectivity index (χ0v) is 14.8. The Balaban J connectivity index is 1.81. The van der Waals surface area contributed by atoms with Crippen LogP contribution in [0.25, 0.3) is 5.69 Å². The van der Waals surface area contributed by atoms with E-state index in [2.05, 4.69) is 10.4 Å². The van der Waals surface area contributed by atoms with Crippen LogP contribution in [0.5, 0.6) is 0 Å². The van der Waals surface area contributed by atoms with E-state index in [0.29, 0.717) is 12.1 Å². The van der Waals surface area contributed by atoms with Crippen LogP contribution in [0.15, 0.2) is 24.3 Å². The molecule has 0 saturated carbocycles. The Morgan fingerprint density at radius 2 is 1.89 bits per heavy atom. The first kappa shape index (κ1) is 18.6. The molecule has 27 heavy (non-hydrogen) atoms. The molecule has 3 rings (SSSR count). The van der Waals surface area contributed by atoms with E-state index in [1.807, 2.05) is 5.32 Å². The molecule has 1 aromatic carbocycles. The number of carbonyl (C=O) groups excluding carboxylic acids is 3. The molecule has 0 bridgehead atoms. The highest BCUT2D eigenvalue weighted by Crippen LogP contribution is 2.27. The van der Waals surface area contributed by atoms with Crippen LogP contribution in [0.1, 0.15) is 34.6 Å². The summed E-state index contributed by atoms with van der Waals surface area (Å²) in [5.41, 5.74) is 2.45. The summed E-state index contributed by atoms with van der Waals surface area (Å²) in [5, 5.41) is 8.59. The van der Waals surface area contributed by atoms with E-state index >= 15 is 0 Å². The van der Waals surface area contributed by atoms with Gasteiger partial charge >= 0.3 is 12.0 Å². The number of nitrogens with zero attached hydrogens (tertiary/aromatic N) is 2. The topological polar surface area (TPSA) is 102 Å². The van der Waals surface area contributed by atoms with Gasteiger partial charge in [0.05, 0.1) is 5.69 Å². The lowest BCUT2D eigenvalue weighted by molar-refractivity contribution is -0.123. The van der Waals surface area contributed by atoms with E-state index in [0.717, 1.165) is 30.5 Å². The molecule has 2 aromatic rings. The quantitative estimate of drug-likeness (QED) is 0.790. The van der Waals surface area contributed by atoms with Gasteiger partial charge in [-0.2, -0.15) is 5.10 Å². The third-order valence-electron chi connectivity index (χ3n) is 4.26. The number of urea groups is 1. The maximum absolute atomic E-state index is 13.2. The molecule has 2 N–H and O–H groups in total. The number of esters is 1. The number of aromatic nitrogens is 2. The van der Waals surface area contributed by atoms with Gasteiger partial charge in [0.15, 0.2) is 12.3 Å².